The molecule has 1 saturated heterocycles. The molecular formula is C33H24Br2ClN3O7. The van der Waals surface area contributed by atoms with Gasteiger partial charge in [0.15, 0.2) is 12.4 Å². The van der Waals surface area contributed by atoms with Crippen LogP contribution < -0.4 is 4.90 Å². The van der Waals surface area contributed by atoms with E-state index in [4.69, 9.17) is 21.3 Å². The summed E-state index contributed by atoms with van der Waals surface area (Å²) < 4.78 is 5.39. The second-order valence-electron chi connectivity index (χ2n) is 11.2. The lowest BCUT2D eigenvalue weighted by Crippen LogP contribution is -2.34. The number of esters is 1. The number of nitrogens with zero attached hydrogens (tertiary/aromatic N) is 3. The van der Waals surface area contributed by atoms with Gasteiger partial charge in [-0.05, 0) is 61.7 Å². The van der Waals surface area contributed by atoms with Crippen molar-refractivity contribution in [1.82, 2.24) is 4.98 Å². The van der Waals surface area contributed by atoms with E-state index in [9.17, 15) is 29.3 Å². The molecule has 6 rings (SSSR count). The molecule has 1 aliphatic heterocycles. The number of non-ortho nitro benzene ring substituents is 1. The van der Waals surface area contributed by atoms with Crippen LogP contribution >= 0.6 is 43.5 Å². The summed E-state index contributed by atoms with van der Waals surface area (Å²) in [5, 5.41) is 11.8. The van der Waals surface area contributed by atoms with Crippen LogP contribution in [0.5, 0.6) is 0 Å². The molecule has 2 heterocycles. The third-order valence-corrected chi connectivity index (χ3v) is 11.6. The van der Waals surface area contributed by atoms with Gasteiger partial charge in [0.05, 0.1) is 39.2 Å². The summed E-state index contributed by atoms with van der Waals surface area (Å²) in [5.41, 5.74) is 2.73. The monoisotopic (exact) mass is 767 g/mol. The number of nitro groups is 1. The van der Waals surface area contributed by atoms with Crippen molar-refractivity contribution in [3.63, 3.8) is 0 Å². The maximum absolute atomic E-state index is 13.4. The summed E-state index contributed by atoms with van der Waals surface area (Å²) in [6, 6.07) is 16.7. The van der Waals surface area contributed by atoms with Gasteiger partial charge in [-0.25, -0.2) is 9.78 Å². The zero-order chi connectivity index (χ0) is 32.9. The number of nitro benzene ring substituents is 1. The number of halogens is 3. The fraction of sp³-hybridized carbons (Fsp3) is 0.242. The molecule has 1 aromatic heterocycles. The minimum atomic E-state index is -0.770. The van der Waals surface area contributed by atoms with Gasteiger partial charge >= 0.3 is 5.97 Å². The van der Waals surface area contributed by atoms with Crippen LogP contribution in [0, 0.1) is 28.9 Å². The van der Waals surface area contributed by atoms with Gasteiger partial charge in [-0.2, -0.15) is 0 Å². The Morgan fingerprint density at radius 3 is 2.17 bits per heavy atom. The molecule has 4 unspecified atom stereocenters. The number of hydrogen-bond acceptors (Lipinski definition) is 8. The molecular weight excluding hydrogens is 746 g/mol. The van der Waals surface area contributed by atoms with E-state index >= 15 is 0 Å². The Labute approximate surface area is 284 Å². The minimum Gasteiger partial charge on any atom is -0.454 e. The van der Waals surface area contributed by atoms with E-state index in [1.807, 2.05) is 0 Å². The van der Waals surface area contributed by atoms with Gasteiger partial charge in [0.25, 0.3) is 5.69 Å². The first-order valence-corrected chi connectivity index (χ1v) is 16.5. The summed E-state index contributed by atoms with van der Waals surface area (Å²) in [7, 11) is 0. The molecule has 0 N–H and O–H groups in total. The van der Waals surface area contributed by atoms with Crippen LogP contribution in [0.1, 0.15) is 39.1 Å². The zero-order valence-electron chi connectivity index (χ0n) is 24.1. The van der Waals surface area contributed by atoms with Crippen molar-refractivity contribution < 1.29 is 28.8 Å². The quantitative estimate of drug-likeness (QED) is 0.0480. The summed E-state index contributed by atoms with van der Waals surface area (Å²) in [4.78, 5) is 69.2. The first kappa shape index (κ1) is 32.0. The summed E-state index contributed by atoms with van der Waals surface area (Å²) in [6.07, 6.45) is 1.14. The fourth-order valence-corrected chi connectivity index (χ4v) is 7.30. The number of ketones is 1. The van der Waals surface area contributed by atoms with Gasteiger partial charge in [0, 0.05) is 43.3 Å². The van der Waals surface area contributed by atoms with Crippen molar-refractivity contribution in [2.24, 2.45) is 11.8 Å². The second kappa shape index (κ2) is 12.7. The number of benzene rings is 3. The molecule has 1 aliphatic carbocycles. The second-order valence-corrected chi connectivity index (χ2v) is 14.0. The third kappa shape index (κ3) is 5.85. The van der Waals surface area contributed by atoms with E-state index in [0.29, 0.717) is 51.3 Å². The van der Waals surface area contributed by atoms with Crippen molar-refractivity contribution in [1.29, 1.82) is 0 Å². The molecule has 4 aromatic rings. The Kier molecular flexibility index (Phi) is 8.79. The number of anilines is 1. The van der Waals surface area contributed by atoms with E-state index in [1.54, 1.807) is 49.4 Å². The summed E-state index contributed by atoms with van der Waals surface area (Å²) in [5.74, 6) is -2.47. The number of aromatic nitrogens is 1. The molecule has 10 nitrogen and oxygen atoms in total. The molecule has 234 valence electrons. The number of alkyl halides is 2. The van der Waals surface area contributed by atoms with E-state index < -0.39 is 23.3 Å². The number of pyridine rings is 1. The molecule has 3 aromatic carbocycles. The molecule has 46 heavy (non-hydrogen) atoms. The summed E-state index contributed by atoms with van der Waals surface area (Å²) >= 11 is 13.6. The number of fused-ring (bicyclic) bond motifs is 2. The number of hydrogen-bond donors (Lipinski definition) is 0. The highest BCUT2D eigenvalue weighted by molar-refractivity contribution is 9.12. The predicted octanol–water partition coefficient (Wildman–Crippen LogP) is 7.24. The Morgan fingerprint density at radius 2 is 1.59 bits per heavy atom. The summed E-state index contributed by atoms with van der Waals surface area (Å²) in [6.45, 7) is 1.19. The molecule has 2 amide bonds. The molecule has 0 bridgehead atoms. The van der Waals surface area contributed by atoms with Crippen LogP contribution in [0.25, 0.3) is 22.2 Å². The first-order valence-electron chi connectivity index (χ1n) is 14.3. The maximum atomic E-state index is 13.4. The largest absolute Gasteiger partial charge is 0.454 e. The number of ether oxygens (including phenoxy) is 1. The molecule has 0 radical (unpaired) electrons. The van der Waals surface area contributed by atoms with Gasteiger partial charge in [-0.1, -0.05) is 61.7 Å². The standard InChI is InChI=1S/C33H24Br2ClN3O7/c1-16-27(36)11-10-21-24(33(43)46-15-29(40)18-4-8-20(9-5-18)39(44)45)14-28(37-30(16)21)17-2-6-19(7-3-17)38-31(41)22-12-25(34)26(35)13-23(22)32(38)42/h2-11,14,22-23,25-26H,12-13,15H2,1H3. The molecule has 2 fully saturated rings. The SMILES string of the molecule is Cc1c(Cl)ccc2c(C(=O)OCC(=O)c3ccc([N+](=O)[O-])cc3)cc(-c3ccc(N4C(=O)C5CC(Br)C(Br)CC5C4=O)cc3)nc12. The number of Topliss-reactive ketones (excluding diaryl/α,β-unsaturated/α-hetero) is 1. The van der Waals surface area contributed by atoms with Gasteiger partial charge in [0.1, 0.15) is 0 Å². The molecule has 1 saturated carbocycles. The van der Waals surface area contributed by atoms with Crippen LogP contribution in [0.15, 0.2) is 66.7 Å². The van der Waals surface area contributed by atoms with Crippen molar-refractivity contribution in [2.75, 3.05) is 11.5 Å². The maximum Gasteiger partial charge on any atom is 0.339 e. The minimum absolute atomic E-state index is 0.102. The van der Waals surface area contributed by atoms with Gasteiger partial charge in [0.2, 0.25) is 11.8 Å². The van der Waals surface area contributed by atoms with Crippen molar-refractivity contribution in [3.8, 4) is 11.3 Å². The van der Waals surface area contributed by atoms with E-state index in [0.717, 1.165) is 0 Å². The van der Waals surface area contributed by atoms with Crippen LogP contribution in [-0.2, 0) is 14.3 Å². The van der Waals surface area contributed by atoms with Crippen molar-refractivity contribution in [3.05, 3.63) is 98.6 Å². The number of imide groups is 1. The van der Waals surface area contributed by atoms with E-state index in [-0.39, 0.29) is 50.1 Å². The average molecular weight is 770 g/mol. The number of rotatable bonds is 7. The highest BCUT2D eigenvalue weighted by atomic mass is 79.9. The lowest BCUT2D eigenvalue weighted by atomic mass is 9.81. The van der Waals surface area contributed by atoms with E-state index in [1.165, 1.54) is 29.2 Å². The Hall–Kier alpha value is -4.00. The van der Waals surface area contributed by atoms with Gasteiger partial charge < -0.3 is 4.74 Å². The fourth-order valence-electron chi connectivity index (χ4n) is 5.91. The highest BCUT2D eigenvalue weighted by Crippen LogP contribution is 2.44. The zero-order valence-corrected chi connectivity index (χ0v) is 28.0. The average Bonchev–Trinajstić information content (AvgIpc) is 3.29. The smallest absolute Gasteiger partial charge is 0.339 e. The van der Waals surface area contributed by atoms with Crippen molar-refractivity contribution in [2.45, 2.75) is 29.4 Å². The first-order chi connectivity index (χ1) is 21.9. The lowest BCUT2D eigenvalue weighted by Gasteiger charge is -2.29. The number of aryl methyl sites for hydroxylation is 1. The normalized spacial score (nSPS) is 20.9. The Morgan fingerprint density at radius 1 is 0.978 bits per heavy atom. The Bertz CT molecular complexity index is 1910. The van der Waals surface area contributed by atoms with Gasteiger partial charge in [-0.3, -0.25) is 29.4 Å². The van der Waals surface area contributed by atoms with Crippen LogP contribution in [0.2, 0.25) is 5.02 Å². The lowest BCUT2D eigenvalue weighted by molar-refractivity contribution is -0.384. The van der Waals surface area contributed by atoms with E-state index in [2.05, 4.69) is 31.9 Å². The van der Waals surface area contributed by atoms with Crippen LogP contribution in [0.4, 0.5) is 11.4 Å². The third-order valence-electron chi connectivity index (χ3n) is 8.46. The molecule has 4 atom stereocenters. The molecule has 13 heteroatoms. The number of amides is 2. The van der Waals surface area contributed by atoms with Crippen LogP contribution in [-0.4, -0.2) is 49.7 Å². The topological polar surface area (TPSA) is 137 Å². The molecule has 2 aliphatic rings. The van der Waals surface area contributed by atoms with Gasteiger partial charge in [-0.15, -0.1) is 0 Å². The molecule has 0 spiro atoms. The number of carbonyl (C=O) groups is 4. The Balaban J connectivity index is 1.28. The highest BCUT2D eigenvalue weighted by Gasteiger charge is 2.52. The van der Waals surface area contributed by atoms with Crippen LogP contribution in [0.3, 0.4) is 0 Å². The van der Waals surface area contributed by atoms with Crippen molar-refractivity contribution >= 4 is 89.3 Å². The number of carbonyl (C=O) groups excluding carboxylic acids is 4. The predicted molar refractivity (Wildman–Crippen MR) is 179 cm³/mol.